The van der Waals surface area contributed by atoms with E-state index in [4.69, 9.17) is 6.57 Å². The highest BCUT2D eigenvalue weighted by Gasteiger charge is 2.33. The Morgan fingerprint density at radius 2 is 1.76 bits per heavy atom. The van der Waals surface area contributed by atoms with E-state index < -0.39 is 23.5 Å². The Balaban J connectivity index is 1.53. The third-order valence-corrected chi connectivity index (χ3v) is 7.98. The molecule has 1 aliphatic heterocycles. The third-order valence-electron chi connectivity index (χ3n) is 7.98. The Kier molecular flexibility index (Phi) is 9.15. The van der Waals surface area contributed by atoms with Crippen molar-refractivity contribution < 1.29 is 22.8 Å². The summed E-state index contributed by atoms with van der Waals surface area (Å²) in [5.41, 5.74) is -0.184. The molecule has 0 aliphatic carbocycles. The maximum atomic E-state index is 14.0. The van der Waals surface area contributed by atoms with Crippen LogP contribution in [0.5, 0.6) is 0 Å². The van der Waals surface area contributed by atoms with Crippen molar-refractivity contribution in [1.82, 2.24) is 34.0 Å². The average Bonchev–Trinajstić information content (AvgIpc) is 3.61. The number of hydrogen-bond donors (Lipinski definition) is 1. The molecule has 4 aromatic rings. The third kappa shape index (κ3) is 6.59. The van der Waals surface area contributed by atoms with Gasteiger partial charge < -0.3 is 15.1 Å². The van der Waals surface area contributed by atoms with E-state index in [1.54, 1.807) is 42.2 Å². The first kappa shape index (κ1) is 32.2. The van der Waals surface area contributed by atoms with Crippen LogP contribution >= 0.6 is 0 Å². The fourth-order valence-corrected chi connectivity index (χ4v) is 5.57. The summed E-state index contributed by atoms with van der Waals surface area (Å²) in [6, 6.07) is 11.4. The number of imidazole rings is 1. The SMILES string of the molecule is [C-]#[N+]c1ccc(-n2nccc2-c2c(C)n(-c3cccc(C(F)(F)F)c3)c(=O)n2C(=O)NC2CCN(C(=O)CCN(C)C)CC2)cc1. The molecule has 11 nitrogen and oxygen atoms in total. The zero-order valence-corrected chi connectivity index (χ0v) is 25.6. The number of nitrogens with one attached hydrogen (secondary N) is 1. The monoisotopic (exact) mass is 634 g/mol. The van der Waals surface area contributed by atoms with Crippen LogP contribution < -0.4 is 11.0 Å². The lowest BCUT2D eigenvalue weighted by Gasteiger charge is -2.32. The lowest BCUT2D eigenvalue weighted by atomic mass is 10.0. The Morgan fingerprint density at radius 1 is 1.07 bits per heavy atom. The highest BCUT2D eigenvalue weighted by atomic mass is 19.4. The van der Waals surface area contributed by atoms with E-state index in [1.165, 1.54) is 23.0 Å². The van der Waals surface area contributed by atoms with Gasteiger partial charge in [-0.25, -0.2) is 23.7 Å². The molecule has 2 aromatic carbocycles. The Hall–Kier alpha value is -5.16. The van der Waals surface area contributed by atoms with Crippen LogP contribution in [0.2, 0.25) is 0 Å². The quantitative estimate of drug-likeness (QED) is 0.293. The van der Waals surface area contributed by atoms with E-state index in [-0.39, 0.29) is 29.0 Å². The summed E-state index contributed by atoms with van der Waals surface area (Å²) >= 11 is 0. The molecule has 46 heavy (non-hydrogen) atoms. The van der Waals surface area contributed by atoms with Crippen LogP contribution in [0.25, 0.3) is 27.6 Å². The number of carbonyl (C=O) groups excluding carboxylic acids is 2. The van der Waals surface area contributed by atoms with Crippen LogP contribution in [-0.2, 0) is 11.0 Å². The molecule has 1 saturated heterocycles. The van der Waals surface area contributed by atoms with Crippen LogP contribution in [0.15, 0.2) is 65.6 Å². The number of aromatic nitrogens is 4. The molecule has 240 valence electrons. The predicted octanol–water partition coefficient (Wildman–Crippen LogP) is 4.87. The molecule has 5 rings (SSSR count). The van der Waals surface area contributed by atoms with Crippen molar-refractivity contribution in [2.45, 2.75) is 38.4 Å². The second-order valence-corrected chi connectivity index (χ2v) is 11.3. The number of likely N-dealkylation sites (tertiary alicyclic amines) is 1. The predicted molar refractivity (Wildman–Crippen MR) is 165 cm³/mol. The Labute approximate surface area is 263 Å². The Morgan fingerprint density at radius 3 is 2.39 bits per heavy atom. The maximum Gasteiger partial charge on any atom is 0.416 e. The van der Waals surface area contributed by atoms with Gasteiger partial charge in [-0.05, 0) is 70.3 Å². The van der Waals surface area contributed by atoms with Gasteiger partial charge in [-0.15, -0.1) is 0 Å². The van der Waals surface area contributed by atoms with Crippen LogP contribution in [-0.4, -0.2) is 80.4 Å². The lowest BCUT2D eigenvalue weighted by Crippen LogP contribution is -2.49. The molecule has 1 aliphatic rings. The highest BCUT2D eigenvalue weighted by molar-refractivity contribution is 5.83. The van der Waals surface area contributed by atoms with Crippen molar-refractivity contribution in [3.8, 4) is 22.8 Å². The lowest BCUT2D eigenvalue weighted by molar-refractivity contribution is -0.137. The van der Waals surface area contributed by atoms with Gasteiger partial charge in [-0.3, -0.25) is 9.36 Å². The van der Waals surface area contributed by atoms with Gasteiger partial charge in [0.15, 0.2) is 5.69 Å². The van der Waals surface area contributed by atoms with Crippen molar-refractivity contribution in [1.29, 1.82) is 0 Å². The second kappa shape index (κ2) is 13.1. The fraction of sp³-hybridized carbons (Fsp3) is 0.344. The summed E-state index contributed by atoms with van der Waals surface area (Å²) in [5, 5.41) is 7.29. The van der Waals surface area contributed by atoms with Crippen LogP contribution in [0.4, 0.5) is 23.7 Å². The van der Waals surface area contributed by atoms with E-state index in [0.717, 1.165) is 21.3 Å². The van der Waals surface area contributed by atoms with Crippen LogP contribution in [0, 0.1) is 13.5 Å². The fourth-order valence-electron chi connectivity index (χ4n) is 5.57. The molecule has 2 amide bonds. The van der Waals surface area contributed by atoms with Gasteiger partial charge in [-0.1, -0.05) is 18.2 Å². The summed E-state index contributed by atoms with van der Waals surface area (Å²) < 4.78 is 44.3. The summed E-state index contributed by atoms with van der Waals surface area (Å²) in [5.74, 6) is 0.0310. The van der Waals surface area contributed by atoms with Gasteiger partial charge in [0.2, 0.25) is 5.91 Å². The van der Waals surface area contributed by atoms with Gasteiger partial charge in [0.1, 0.15) is 5.69 Å². The summed E-state index contributed by atoms with van der Waals surface area (Å²) in [6.07, 6.45) is -1.83. The number of benzene rings is 2. The standard InChI is InChI=1S/C32H33F3N8O3/c1-21-29(27-12-16-37-43(27)25-10-8-23(36-2)9-11-25)42(31(46)41(21)26-7-5-6-22(20-26)32(33,34)35)30(45)38-24-13-18-40(19-14-24)28(44)15-17-39(3)4/h5-12,16,20,24H,13-15,17-19H2,1,3-4H3,(H,38,45). The topological polar surface area (TPSA) is 102 Å². The van der Waals surface area contributed by atoms with Crippen molar-refractivity contribution >= 4 is 17.6 Å². The van der Waals surface area contributed by atoms with Crippen molar-refractivity contribution in [3.63, 3.8) is 0 Å². The number of nitrogens with zero attached hydrogens (tertiary/aromatic N) is 7. The van der Waals surface area contributed by atoms with Crippen molar-refractivity contribution in [2.75, 3.05) is 33.7 Å². The molecule has 1 fully saturated rings. The first-order chi connectivity index (χ1) is 21.9. The van der Waals surface area contributed by atoms with E-state index in [0.29, 0.717) is 56.0 Å². The molecule has 0 atom stereocenters. The minimum Gasteiger partial charge on any atom is -0.343 e. The number of carbonyl (C=O) groups is 2. The van der Waals surface area contributed by atoms with E-state index in [9.17, 15) is 27.6 Å². The van der Waals surface area contributed by atoms with Gasteiger partial charge in [0, 0.05) is 32.1 Å². The zero-order valence-electron chi connectivity index (χ0n) is 25.6. The number of hydrogen-bond acceptors (Lipinski definition) is 5. The molecule has 1 N–H and O–H groups in total. The molecule has 2 aromatic heterocycles. The van der Waals surface area contributed by atoms with Crippen LogP contribution in [0.3, 0.4) is 0 Å². The number of rotatable bonds is 7. The van der Waals surface area contributed by atoms with Gasteiger partial charge in [-0.2, -0.15) is 18.3 Å². The largest absolute Gasteiger partial charge is 0.416 e. The molecule has 0 bridgehead atoms. The molecule has 0 unspecified atom stereocenters. The summed E-state index contributed by atoms with van der Waals surface area (Å²) in [7, 11) is 3.79. The smallest absolute Gasteiger partial charge is 0.343 e. The summed E-state index contributed by atoms with van der Waals surface area (Å²) in [6.45, 7) is 10.3. The average molecular weight is 635 g/mol. The van der Waals surface area contributed by atoms with E-state index >= 15 is 0 Å². The minimum atomic E-state index is -4.64. The minimum absolute atomic E-state index is 0.0310. The van der Waals surface area contributed by atoms with Crippen molar-refractivity contribution in [3.05, 3.63) is 94.0 Å². The van der Waals surface area contributed by atoms with E-state index in [2.05, 4.69) is 15.3 Å². The number of amides is 2. The molecular formula is C32H33F3N8O3. The molecular weight excluding hydrogens is 601 g/mol. The summed E-state index contributed by atoms with van der Waals surface area (Å²) in [4.78, 5) is 47.6. The molecule has 0 saturated carbocycles. The van der Waals surface area contributed by atoms with E-state index in [1.807, 2.05) is 19.0 Å². The normalized spacial score (nSPS) is 14.0. The molecule has 14 heteroatoms. The second-order valence-electron chi connectivity index (χ2n) is 11.3. The van der Waals surface area contributed by atoms with Gasteiger partial charge >= 0.3 is 17.9 Å². The molecule has 3 heterocycles. The van der Waals surface area contributed by atoms with Crippen LogP contribution in [0.1, 0.15) is 30.5 Å². The highest BCUT2D eigenvalue weighted by Crippen LogP contribution is 2.32. The van der Waals surface area contributed by atoms with Crippen molar-refractivity contribution in [2.24, 2.45) is 0 Å². The maximum absolute atomic E-state index is 14.0. The van der Waals surface area contributed by atoms with Gasteiger partial charge in [0.05, 0.1) is 41.1 Å². The number of alkyl halides is 3. The number of piperidine rings is 1. The zero-order chi connectivity index (χ0) is 33.2. The first-order valence-corrected chi connectivity index (χ1v) is 14.7. The molecule has 0 radical (unpaired) electrons. The Bertz CT molecular complexity index is 1840. The first-order valence-electron chi connectivity index (χ1n) is 14.7. The molecule has 0 spiro atoms. The number of halogens is 3. The van der Waals surface area contributed by atoms with Gasteiger partial charge in [0.25, 0.3) is 0 Å².